The smallest absolute Gasteiger partial charge is 0.225 e. The number of ether oxygens (including phenoxy) is 1. The van der Waals surface area contributed by atoms with Crippen molar-refractivity contribution in [2.45, 2.75) is 23.8 Å². The second-order valence-corrected chi connectivity index (χ2v) is 10.3. The van der Waals surface area contributed by atoms with Gasteiger partial charge in [0, 0.05) is 50.6 Å². The van der Waals surface area contributed by atoms with Crippen molar-refractivity contribution in [1.82, 2.24) is 9.97 Å². The maximum atomic E-state index is 11.6. The van der Waals surface area contributed by atoms with Gasteiger partial charge in [-0.2, -0.15) is 0 Å². The fourth-order valence-electron chi connectivity index (χ4n) is 3.52. The van der Waals surface area contributed by atoms with Crippen molar-refractivity contribution in [2.75, 3.05) is 35.7 Å². The average Bonchev–Trinajstić information content (AvgIpc) is 2.76. The van der Waals surface area contributed by atoms with Crippen LogP contribution in [0.25, 0.3) is 0 Å². The zero-order valence-corrected chi connectivity index (χ0v) is 19.2. The minimum atomic E-state index is -3.22. The molecule has 1 aromatic heterocycles. The molecule has 0 amide bonds. The van der Waals surface area contributed by atoms with Crippen LogP contribution in [-0.2, 0) is 14.6 Å². The van der Waals surface area contributed by atoms with Crippen LogP contribution >= 0.6 is 23.2 Å². The maximum Gasteiger partial charge on any atom is 0.225 e. The molecule has 0 bridgehead atoms. The van der Waals surface area contributed by atoms with Gasteiger partial charge in [0.2, 0.25) is 5.95 Å². The summed E-state index contributed by atoms with van der Waals surface area (Å²) in [7, 11) is -3.22. The summed E-state index contributed by atoms with van der Waals surface area (Å²) in [6.07, 6.45) is 9.89. The molecule has 0 spiro atoms. The normalized spacial score (nSPS) is 17.9. The van der Waals surface area contributed by atoms with Gasteiger partial charge in [-0.3, -0.25) is 0 Å². The quantitative estimate of drug-likeness (QED) is 0.639. The van der Waals surface area contributed by atoms with Gasteiger partial charge in [-0.15, -0.1) is 0 Å². The minimum Gasteiger partial charge on any atom is -0.489 e. The standard InChI is InChI=1S/C21H22Cl2N4O3S/c1-31(28,29)18-4-2-16(3-5-18)27-11-8-20(19(23)14-27)30-17-6-9-26(10-7-17)21-24-12-15(22)13-25-21/h2-5,8,12-14,17H,6-7,9-11H2,1H3. The molecule has 3 heterocycles. The summed E-state index contributed by atoms with van der Waals surface area (Å²) in [6.45, 7) is 2.17. The van der Waals surface area contributed by atoms with Crippen LogP contribution < -0.4 is 9.80 Å². The summed E-state index contributed by atoms with van der Waals surface area (Å²) in [6, 6.07) is 6.73. The lowest BCUT2D eigenvalue weighted by molar-refractivity contribution is 0.0996. The number of allylic oxidation sites excluding steroid dienone is 1. The molecule has 0 atom stereocenters. The molecule has 164 valence electrons. The Balaban J connectivity index is 1.33. The van der Waals surface area contributed by atoms with Crippen molar-refractivity contribution in [3.63, 3.8) is 0 Å². The Kier molecular flexibility index (Phi) is 6.41. The molecule has 0 saturated carbocycles. The van der Waals surface area contributed by atoms with Gasteiger partial charge in [-0.05, 0) is 30.3 Å². The molecule has 1 fully saturated rings. The number of halogens is 2. The van der Waals surface area contributed by atoms with Crippen molar-refractivity contribution in [1.29, 1.82) is 0 Å². The van der Waals surface area contributed by atoms with Crippen LogP contribution in [0.5, 0.6) is 0 Å². The van der Waals surface area contributed by atoms with Gasteiger partial charge in [0.1, 0.15) is 11.9 Å². The Morgan fingerprint density at radius 1 is 1.06 bits per heavy atom. The summed E-state index contributed by atoms with van der Waals surface area (Å²) in [5.41, 5.74) is 0.858. The van der Waals surface area contributed by atoms with Crippen LogP contribution in [0.4, 0.5) is 11.6 Å². The summed E-state index contributed by atoms with van der Waals surface area (Å²) in [5, 5.41) is 1.04. The fourth-order valence-corrected chi connectivity index (χ4v) is 4.49. The van der Waals surface area contributed by atoms with Gasteiger partial charge in [0.05, 0.1) is 27.3 Å². The van der Waals surface area contributed by atoms with Crippen molar-refractivity contribution in [2.24, 2.45) is 0 Å². The van der Waals surface area contributed by atoms with E-state index in [0.717, 1.165) is 31.6 Å². The van der Waals surface area contributed by atoms with E-state index in [1.54, 1.807) is 36.7 Å². The third kappa shape index (κ3) is 5.31. The first kappa shape index (κ1) is 21.9. The third-order valence-corrected chi connectivity index (χ3v) is 6.81. The van der Waals surface area contributed by atoms with E-state index >= 15 is 0 Å². The van der Waals surface area contributed by atoms with E-state index in [4.69, 9.17) is 27.9 Å². The van der Waals surface area contributed by atoms with E-state index in [1.165, 1.54) is 6.26 Å². The van der Waals surface area contributed by atoms with Crippen LogP contribution in [0.3, 0.4) is 0 Å². The molecule has 0 unspecified atom stereocenters. The third-order valence-electron chi connectivity index (χ3n) is 5.20. The van der Waals surface area contributed by atoms with Crippen molar-refractivity contribution in [3.05, 3.63) is 64.7 Å². The van der Waals surface area contributed by atoms with Gasteiger partial charge in [-0.1, -0.05) is 23.2 Å². The predicted octanol–water partition coefficient (Wildman–Crippen LogP) is 4.00. The SMILES string of the molecule is CS(=O)(=O)c1ccc(N2C=C(Cl)C(OC3CCN(c4ncc(Cl)cn4)CC3)=CC2)cc1. The van der Waals surface area contributed by atoms with Crippen LogP contribution in [0.1, 0.15) is 12.8 Å². The Labute approximate surface area is 191 Å². The van der Waals surface area contributed by atoms with E-state index in [9.17, 15) is 8.42 Å². The van der Waals surface area contributed by atoms with Gasteiger partial charge < -0.3 is 14.5 Å². The van der Waals surface area contributed by atoms with Crippen molar-refractivity contribution < 1.29 is 13.2 Å². The zero-order valence-electron chi connectivity index (χ0n) is 16.9. The number of nitrogens with zero attached hydrogens (tertiary/aromatic N) is 4. The Morgan fingerprint density at radius 3 is 2.29 bits per heavy atom. The highest BCUT2D eigenvalue weighted by molar-refractivity contribution is 7.90. The average molecular weight is 481 g/mol. The predicted molar refractivity (Wildman–Crippen MR) is 122 cm³/mol. The minimum absolute atomic E-state index is 0.0672. The van der Waals surface area contributed by atoms with E-state index in [-0.39, 0.29) is 6.10 Å². The first-order valence-electron chi connectivity index (χ1n) is 9.83. The van der Waals surface area contributed by atoms with Gasteiger partial charge in [0.15, 0.2) is 9.84 Å². The van der Waals surface area contributed by atoms with Crippen LogP contribution in [-0.4, -0.2) is 50.4 Å². The van der Waals surface area contributed by atoms with E-state index in [1.807, 2.05) is 17.2 Å². The largest absolute Gasteiger partial charge is 0.489 e. The molecule has 1 aromatic carbocycles. The van der Waals surface area contributed by atoms with Crippen LogP contribution in [0.15, 0.2) is 64.6 Å². The summed E-state index contributed by atoms with van der Waals surface area (Å²) >= 11 is 12.3. The lowest BCUT2D eigenvalue weighted by atomic mass is 10.1. The van der Waals surface area contributed by atoms with E-state index in [0.29, 0.717) is 33.2 Å². The van der Waals surface area contributed by atoms with E-state index in [2.05, 4.69) is 14.9 Å². The topological polar surface area (TPSA) is 75.6 Å². The molecule has 0 radical (unpaired) electrons. The monoisotopic (exact) mass is 480 g/mol. The lowest BCUT2D eigenvalue weighted by Crippen LogP contribution is -2.38. The number of aromatic nitrogens is 2. The number of anilines is 2. The number of rotatable bonds is 5. The summed E-state index contributed by atoms with van der Waals surface area (Å²) < 4.78 is 29.4. The van der Waals surface area contributed by atoms with Gasteiger partial charge >= 0.3 is 0 Å². The highest BCUT2D eigenvalue weighted by atomic mass is 35.5. The highest BCUT2D eigenvalue weighted by Crippen LogP contribution is 2.29. The molecule has 31 heavy (non-hydrogen) atoms. The first-order chi connectivity index (χ1) is 14.8. The number of hydrogen-bond acceptors (Lipinski definition) is 7. The Hall–Kier alpha value is -2.29. The summed E-state index contributed by atoms with van der Waals surface area (Å²) in [5.74, 6) is 1.35. The lowest BCUT2D eigenvalue weighted by Gasteiger charge is -2.33. The molecule has 4 rings (SSSR count). The van der Waals surface area contributed by atoms with Crippen LogP contribution in [0.2, 0.25) is 5.02 Å². The molecule has 2 aromatic rings. The molecular formula is C21H22Cl2N4O3S. The highest BCUT2D eigenvalue weighted by Gasteiger charge is 2.24. The molecule has 2 aliphatic rings. The number of benzene rings is 1. The Morgan fingerprint density at radius 2 is 1.71 bits per heavy atom. The number of piperidine rings is 1. The molecule has 0 N–H and O–H groups in total. The first-order valence-corrected chi connectivity index (χ1v) is 12.5. The molecule has 2 aliphatic heterocycles. The van der Waals surface area contributed by atoms with Gasteiger partial charge in [-0.25, -0.2) is 18.4 Å². The second-order valence-electron chi connectivity index (χ2n) is 7.47. The molecular weight excluding hydrogens is 459 g/mol. The molecule has 1 saturated heterocycles. The second kappa shape index (κ2) is 9.06. The summed E-state index contributed by atoms with van der Waals surface area (Å²) in [4.78, 5) is 12.9. The number of hydrogen-bond donors (Lipinski definition) is 0. The van der Waals surface area contributed by atoms with Crippen LogP contribution in [0, 0.1) is 0 Å². The van der Waals surface area contributed by atoms with E-state index < -0.39 is 9.84 Å². The van der Waals surface area contributed by atoms with Crippen molar-refractivity contribution in [3.8, 4) is 0 Å². The molecule has 10 heteroatoms. The molecule has 7 nitrogen and oxygen atoms in total. The van der Waals surface area contributed by atoms with Gasteiger partial charge in [0.25, 0.3) is 0 Å². The number of sulfone groups is 1. The maximum absolute atomic E-state index is 11.6. The Bertz CT molecular complexity index is 1090. The van der Waals surface area contributed by atoms with Crippen molar-refractivity contribution >= 4 is 44.7 Å². The molecule has 0 aliphatic carbocycles. The zero-order chi connectivity index (χ0) is 22.0. The fraction of sp³-hybridized carbons (Fsp3) is 0.333.